The highest BCUT2D eigenvalue weighted by molar-refractivity contribution is 5.73. The first-order valence-corrected chi connectivity index (χ1v) is 7.20. The summed E-state index contributed by atoms with van der Waals surface area (Å²) in [5.41, 5.74) is 1.13. The molecule has 4 nitrogen and oxygen atoms in total. The Kier molecular flexibility index (Phi) is 3.42. The van der Waals surface area contributed by atoms with Gasteiger partial charge in [-0.1, -0.05) is 12.1 Å². The maximum absolute atomic E-state index is 11.7. The molecule has 4 atom stereocenters. The number of benzene rings is 1. The summed E-state index contributed by atoms with van der Waals surface area (Å²) in [6, 6.07) is 8.60. The van der Waals surface area contributed by atoms with Gasteiger partial charge in [-0.2, -0.15) is 0 Å². The number of carboxylic acid groups (broad SMARTS) is 1. The van der Waals surface area contributed by atoms with Crippen LogP contribution in [0.3, 0.4) is 0 Å². The van der Waals surface area contributed by atoms with Crippen LogP contribution in [0.15, 0.2) is 24.3 Å². The van der Waals surface area contributed by atoms with E-state index in [0.717, 1.165) is 30.6 Å². The Bertz CT molecular complexity index is 499. The molecule has 0 saturated carbocycles. The summed E-state index contributed by atoms with van der Waals surface area (Å²) in [4.78, 5) is 14.0. The molecule has 0 aromatic heterocycles. The van der Waals surface area contributed by atoms with Crippen LogP contribution >= 0.6 is 0 Å². The van der Waals surface area contributed by atoms with E-state index in [1.165, 1.54) is 0 Å². The number of carbonyl (C=O) groups is 1. The first-order valence-electron chi connectivity index (χ1n) is 7.20. The van der Waals surface area contributed by atoms with E-state index in [2.05, 4.69) is 11.9 Å². The topological polar surface area (TPSA) is 49.8 Å². The summed E-state index contributed by atoms with van der Waals surface area (Å²) in [5, 5.41) is 9.66. The molecule has 0 aliphatic carbocycles. The molecule has 2 aliphatic heterocycles. The van der Waals surface area contributed by atoms with Gasteiger partial charge in [0.25, 0.3) is 0 Å². The van der Waals surface area contributed by atoms with Crippen molar-refractivity contribution < 1.29 is 14.6 Å². The number of rotatable bonds is 3. The molecule has 2 aliphatic rings. The molecule has 0 unspecified atom stereocenters. The van der Waals surface area contributed by atoms with Crippen LogP contribution in [0.1, 0.15) is 30.7 Å². The molecule has 0 spiro atoms. The normalized spacial score (nSPS) is 33.1. The Hall–Kier alpha value is -1.55. The molecule has 4 heteroatoms. The second-order valence-electron chi connectivity index (χ2n) is 5.94. The highest BCUT2D eigenvalue weighted by atomic mass is 16.5. The van der Waals surface area contributed by atoms with Crippen molar-refractivity contribution in [1.82, 2.24) is 4.90 Å². The summed E-state index contributed by atoms with van der Waals surface area (Å²) in [5.74, 6) is -0.0289. The van der Waals surface area contributed by atoms with Crippen molar-refractivity contribution in [1.29, 1.82) is 0 Å². The summed E-state index contributed by atoms with van der Waals surface area (Å²) in [7, 11) is 3.72. The SMILES string of the molecule is COc1ccc([C@H]2C[C@@H]3CC[C@H]([C@H]2C(=O)O)N3C)cc1. The number of hydrogen-bond donors (Lipinski definition) is 1. The molecule has 2 heterocycles. The lowest BCUT2D eigenvalue weighted by Gasteiger charge is -2.41. The van der Waals surface area contributed by atoms with Crippen LogP contribution in [0, 0.1) is 5.92 Å². The zero-order chi connectivity index (χ0) is 14.3. The fraction of sp³-hybridized carbons (Fsp3) is 0.562. The molecule has 2 bridgehead atoms. The summed E-state index contributed by atoms with van der Waals surface area (Å²) < 4.78 is 5.18. The van der Waals surface area contributed by atoms with E-state index in [4.69, 9.17) is 4.74 Å². The monoisotopic (exact) mass is 275 g/mol. The van der Waals surface area contributed by atoms with E-state index < -0.39 is 5.97 Å². The molecular formula is C16H21NO3. The lowest BCUT2D eigenvalue weighted by Crippen LogP contribution is -2.48. The van der Waals surface area contributed by atoms with Gasteiger partial charge in [0, 0.05) is 18.0 Å². The fourth-order valence-corrected chi connectivity index (χ4v) is 4.00. The van der Waals surface area contributed by atoms with Gasteiger partial charge in [0.05, 0.1) is 13.0 Å². The van der Waals surface area contributed by atoms with Crippen LogP contribution in [0.5, 0.6) is 5.75 Å². The van der Waals surface area contributed by atoms with Crippen molar-refractivity contribution in [2.24, 2.45) is 5.92 Å². The number of ether oxygens (including phenoxy) is 1. The van der Waals surface area contributed by atoms with Crippen LogP contribution in [0.4, 0.5) is 0 Å². The molecule has 1 aromatic carbocycles. The van der Waals surface area contributed by atoms with E-state index in [-0.39, 0.29) is 17.9 Å². The van der Waals surface area contributed by atoms with Crippen molar-refractivity contribution in [3.05, 3.63) is 29.8 Å². The Morgan fingerprint density at radius 2 is 2.00 bits per heavy atom. The Morgan fingerprint density at radius 1 is 1.30 bits per heavy atom. The van der Waals surface area contributed by atoms with Crippen molar-refractivity contribution in [3.8, 4) is 5.75 Å². The van der Waals surface area contributed by atoms with Gasteiger partial charge in [-0.15, -0.1) is 0 Å². The van der Waals surface area contributed by atoms with Crippen LogP contribution in [0.2, 0.25) is 0 Å². The summed E-state index contributed by atoms with van der Waals surface area (Å²) in [6.07, 6.45) is 3.07. The van der Waals surface area contributed by atoms with Gasteiger partial charge >= 0.3 is 5.97 Å². The minimum Gasteiger partial charge on any atom is -0.497 e. The van der Waals surface area contributed by atoms with Crippen LogP contribution in [-0.2, 0) is 4.79 Å². The van der Waals surface area contributed by atoms with Crippen molar-refractivity contribution in [2.45, 2.75) is 37.3 Å². The van der Waals surface area contributed by atoms with Crippen LogP contribution in [-0.4, -0.2) is 42.2 Å². The highest BCUT2D eigenvalue weighted by Gasteiger charge is 2.49. The second-order valence-corrected chi connectivity index (χ2v) is 5.94. The third-order valence-corrected chi connectivity index (χ3v) is 5.10. The standard InChI is InChI=1S/C16H21NO3/c1-17-11-5-8-14(17)15(16(18)19)13(9-11)10-3-6-12(20-2)7-4-10/h3-4,6-7,11,13-15H,5,8-9H2,1-2H3,(H,18,19)/t11-,13+,14+,15-/m0/s1. The zero-order valence-electron chi connectivity index (χ0n) is 12.0. The molecule has 3 rings (SSSR count). The highest BCUT2D eigenvalue weighted by Crippen LogP contribution is 2.46. The average molecular weight is 275 g/mol. The lowest BCUT2D eigenvalue weighted by molar-refractivity contribution is -0.146. The quantitative estimate of drug-likeness (QED) is 0.920. The third-order valence-electron chi connectivity index (χ3n) is 5.10. The lowest BCUT2D eigenvalue weighted by atomic mass is 9.76. The molecule has 108 valence electrons. The summed E-state index contributed by atoms with van der Waals surface area (Å²) >= 11 is 0. The number of carboxylic acids is 1. The molecule has 2 fully saturated rings. The van der Waals surface area contributed by atoms with Gasteiger partial charge in [0.1, 0.15) is 5.75 Å². The van der Waals surface area contributed by atoms with Crippen molar-refractivity contribution >= 4 is 5.97 Å². The number of aliphatic carboxylic acids is 1. The predicted octanol–water partition coefficient (Wildman–Crippen LogP) is 2.35. The number of fused-ring (bicyclic) bond motifs is 2. The Morgan fingerprint density at radius 3 is 2.60 bits per heavy atom. The molecule has 0 amide bonds. The summed E-state index contributed by atoms with van der Waals surface area (Å²) in [6.45, 7) is 0. The maximum Gasteiger partial charge on any atom is 0.308 e. The predicted molar refractivity (Wildman–Crippen MR) is 76.1 cm³/mol. The van der Waals surface area contributed by atoms with Crippen molar-refractivity contribution in [3.63, 3.8) is 0 Å². The first kappa shape index (κ1) is 13.4. The molecular weight excluding hydrogens is 254 g/mol. The zero-order valence-corrected chi connectivity index (χ0v) is 12.0. The minimum atomic E-state index is -0.664. The minimum absolute atomic E-state index is 0.118. The van der Waals surface area contributed by atoms with Crippen molar-refractivity contribution in [2.75, 3.05) is 14.2 Å². The average Bonchev–Trinajstić information content (AvgIpc) is 2.70. The van der Waals surface area contributed by atoms with E-state index in [9.17, 15) is 9.90 Å². The largest absolute Gasteiger partial charge is 0.497 e. The maximum atomic E-state index is 11.7. The van der Waals surface area contributed by atoms with Crippen LogP contribution < -0.4 is 4.74 Å². The van der Waals surface area contributed by atoms with Gasteiger partial charge in [-0.25, -0.2) is 0 Å². The number of hydrogen-bond acceptors (Lipinski definition) is 3. The second kappa shape index (κ2) is 5.09. The van der Waals surface area contributed by atoms with Gasteiger partial charge in [0.15, 0.2) is 0 Å². The number of nitrogens with zero attached hydrogens (tertiary/aromatic N) is 1. The molecule has 1 aromatic rings. The Labute approximate surface area is 119 Å². The fourth-order valence-electron chi connectivity index (χ4n) is 4.00. The molecule has 0 radical (unpaired) electrons. The van der Waals surface area contributed by atoms with Gasteiger partial charge in [-0.05, 0) is 44.0 Å². The first-order chi connectivity index (χ1) is 9.61. The van der Waals surface area contributed by atoms with Gasteiger partial charge in [0.2, 0.25) is 0 Å². The number of methoxy groups -OCH3 is 1. The third kappa shape index (κ3) is 2.08. The van der Waals surface area contributed by atoms with E-state index >= 15 is 0 Å². The van der Waals surface area contributed by atoms with Crippen LogP contribution in [0.25, 0.3) is 0 Å². The van der Waals surface area contributed by atoms with E-state index in [1.54, 1.807) is 7.11 Å². The molecule has 2 saturated heterocycles. The Balaban J connectivity index is 1.92. The van der Waals surface area contributed by atoms with Gasteiger partial charge < -0.3 is 9.84 Å². The van der Waals surface area contributed by atoms with Gasteiger partial charge in [-0.3, -0.25) is 9.69 Å². The number of piperidine rings is 1. The molecule has 1 N–H and O–H groups in total. The van der Waals surface area contributed by atoms with E-state index in [0.29, 0.717) is 6.04 Å². The smallest absolute Gasteiger partial charge is 0.308 e. The van der Waals surface area contributed by atoms with E-state index in [1.807, 2.05) is 24.3 Å². The molecule has 20 heavy (non-hydrogen) atoms.